The Hall–Kier alpha value is -1.94. The van der Waals surface area contributed by atoms with Gasteiger partial charge in [0.25, 0.3) is 0 Å². The fourth-order valence-electron chi connectivity index (χ4n) is 1.39. The highest BCUT2D eigenvalue weighted by Crippen LogP contribution is 2.28. The molecule has 0 saturated carbocycles. The van der Waals surface area contributed by atoms with Crippen LogP contribution in [0.1, 0.15) is 30.1 Å². The second-order valence-electron chi connectivity index (χ2n) is 3.38. The van der Waals surface area contributed by atoms with Gasteiger partial charge in [0, 0.05) is 10.8 Å². The van der Waals surface area contributed by atoms with Gasteiger partial charge in [-0.25, -0.2) is 0 Å². The SMILES string of the molecule is [2H]c1c([2H])c([2H])c(C(c2c([2H])c([2H])c([2H])c([2H])c2[2H])S(=O)CC(=O)O)c([2H])c1[2H]. The quantitative estimate of drug-likeness (QED) is 0.918. The number of carboxylic acid groups (broad SMARTS) is 1. The maximum absolute atomic E-state index is 12.8. The molecule has 1 unspecified atom stereocenters. The van der Waals surface area contributed by atoms with Crippen LogP contribution >= 0.6 is 0 Å². The summed E-state index contributed by atoms with van der Waals surface area (Å²) >= 11 is 0. The van der Waals surface area contributed by atoms with Crippen molar-refractivity contribution in [3.05, 3.63) is 71.6 Å². The molecule has 1 atom stereocenters. The van der Waals surface area contributed by atoms with Gasteiger partial charge in [0.1, 0.15) is 5.75 Å². The molecule has 2 aromatic rings. The van der Waals surface area contributed by atoms with E-state index < -0.39 is 99.3 Å². The van der Waals surface area contributed by atoms with Crippen molar-refractivity contribution in [2.75, 3.05) is 5.75 Å². The molecule has 1 N–H and O–H groups in total. The standard InChI is InChI=1S/C15H14O3S/c16-14(17)11-19(18)15(12-7-3-1-4-8-12)13-9-5-2-6-10-13/h1-10,15H,11H2,(H,16,17)/i1D,2D,3D,4D,5D,6D,7D,8D,9D,10D. The number of benzene rings is 2. The molecule has 3 nitrogen and oxygen atoms in total. The molecule has 0 aliphatic heterocycles. The van der Waals surface area contributed by atoms with Crippen LogP contribution in [0.15, 0.2) is 60.4 Å². The van der Waals surface area contributed by atoms with Gasteiger partial charge >= 0.3 is 5.97 Å². The first kappa shape index (κ1) is 5.59. The third kappa shape index (κ3) is 3.51. The van der Waals surface area contributed by atoms with Gasteiger partial charge < -0.3 is 5.11 Å². The summed E-state index contributed by atoms with van der Waals surface area (Å²) in [5.41, 5.74) is -1.21. The van der Waals surface area contributed by atoms with Crippen LogP contribution in [0.5, 0.6) is 0 Å². The molecule has 0 radical (unpaired) electrons. The van der Waals surface area contributed by atoms with Crippen molar-refractivity contribution in [3.8, 4) is 0 Å². The number of rotatable bonds is 5. The van der Waals surface area contributed by atoms with Gasteiger partial charge in [-0.05, 0) is 11.1 Å². The van der Waals surface area contributed by atoms with Gasteiger partial charge in [0.15, 0.2) is 0 Å². The fraction of sp³-hybridized carbons (Fsp3) is 0.133. The zero-order chi connectivity index (χ0) is 22.4. The highest BCUT2D eigenvalue weighted by atomic mass is 32.2. The van der Waals surface area contributed by atoms with E-state index in [0.29, 0.717) is 0 Å². The normalized spacial score (nSPS) is 19.6. The Morgan fingerprint density at radius 2 is 1.47 bits per heavy atom. The van der Waals surface area contributed by atoms with Crippen LogP contribution < -0.4 is 0 Å². The van der Waals surface area contributed by atoms with Crippen LogP contribution in [-0.2, 0) is 15.6 Å². The molecule has 0 amide bonds. The van der Waals surface area contributed by atoms with E-state index in [-0.39, 0.29) is 0 Å². The Morgan fingerprint density at radius 1 is 1.05 bits per heavy atom. The monoisotopic (exact) mass is 284 g/mol. The molecule has 0 saturated heterocycles. The van der Waals surface area contributed by atoms with E-state index in [2.05, 4.69) is 0 Å². The predicted molar refractivity (Wildman–Crippen MR) is 75.4 cm³/mol. The minimum Gasteiger partial charge on any atom is -0.481 e. The minimum absolute atomic E-state index is 0.603. The summed E-state index contributed by atoms with van der Waals surface area (Å²) in [4.78, 5) is 11.1. The highest BCUT2D eigenvalue weighted by Gasteiger charge is 2.22. The molecule has 0 aliphatic carbocycles. The van der Waals surface area contributed by atoms with Gasteiger partial charge in [-0.1, -0.05) is 60.4 Å². The Bertz CT molecular complexity index is 928. The molecule has 0 spiro atoms. The molecule has 0 aliphatic rings. The lowest BCUT2D eigenvalue weighted by Gasteiger charge is -2.16. The van der Waals surface area contributed by atoms with Crippen LogP contribution in [0.3, 0.4) is 0 Å². The van der Waals surface area contributed by atoms with Crippen LogP contribution in [0.2, 0.25) is 0 Å². The van der Waals surface area contributed by atoms with E-state index >= 15 is 0 Å². The predicted octanol–water partition coefficient (Wildman–Crippen LogP) is 2.61. The Balaban J connectivity index is 3.01. The van der Waals surface area contributed by atoms with E-state index in [0.717, 1.165) is 0 Å². The van der Waals surface area contributed by atoms with Gasteiger partial charge in [-0.2, -0.15) is 0 Å². The Morgan fingerprint density at radius 3 is 1.84 bits per heavy atom. The number of aliphatic carboxylic acids is 1. The highest BCUT2D eigenvalue weighted by molar-refractivity contribution is 7.86. The summed E-state index contributed by atoms with van der Waals surface area (Å²) in [5, 5.41) is 7.17. The van der Waals surface area contributed by atoms with Crippen LogP contribution in [0.25, 0.3) is 0 Å². The third-order valence-electron chi connectivity index (χ3n) is 2.09. The molecule has 0 bridgehead atoms. The molecule has 2 aromatic carbocycles. The minimum atomic E-state index is -2.51. The first-order chi connectivity index (χ1) is 13.3. The molecule has 0 heterocycles. The number of hydrogen-bond donors (Lipinski definition) is 1. The lowest BCUT2D eigenvalue weighted by atomic mass is 10.0. The van der Waals surface area contributed by atoms with Crippen molar-refractivity contribution < 1.29 is 27.8 Å². The number of hydrogen-bond acceptors (Lipinski definition) is 2. The summed E-state index contributed by atoms with van der Waals surface area (Å²) in [6.07, 6.45) is 0. The zero-order valence-electron chi connectivity index (χ0n) is 19.5. The van der Waals surface area contributed by atoms with Crippen molar-refractivity contribution >= 4 is 16.8 Å². The topological polar surface area (TPSA) is 54.4 Å². The average Bonchev–Trinajstić information content (AvgIpc) is 2.66. The van der Waals surface area contributed by atoms with E-state index in [1.54, 1.807) is 0 Å². The zero-order valence-corrected chi connectivity index (χ0v) is 10.3. The number of carbonyl (C=O) groups is 1. The second kappa shape index (κ2) is 6.29. The maximum Gasteiger partial charge on any atom is 0.316 e. The van der Waals surface area contributed by atoms with Gasteiger partial charge in [-0.3, -0.25) is 9.00 Å². The van der Waals surface area contributed by atoms with E-state index in [1.807, 2.05) is 0 Å². The van der Waals surface area contributed by atoms with E-state index in [1.165, 1.54) is 0 Å². The van der Waals surface area contributed by atoms with Gasteiger partial charge in [0.05, 0.1) is 19.0 Å². The molecule has 4 heteroatoms. The van der Waals surface area contributed by atoms with Gasteiger partial charge in [0.2, 0.25) is 0 Å². The van der Waals surface area contributed by atoms with Crippen molar-refractivity contribution in [1.29, 1.82) is 0 Å². The fourth-order valence-corrected chi connectivity index (χ4v) is 2.57. The molecule has 19 heavy (non-hydrogen) atoms. The summed E-state index contributed by atoms with van der Waals surface area (Å²) in [6.45, 7) is 0. The summed E-state index contributed by atoms with van der Waals surface area (Å²) in [5.74, 6) is -2.57. The largest absolute Gasteiger partial charge is 0.481 e. The van der Waals surface area contributed by atoms with Crippen LogP contribution in [0.4, 0.5) is 0 Å². The molecular formula is C15H14O3S. The van der Waals surface area contributed by atoms with Crippen molar-refractivity contribution in [1.82, 2.24) is 0 Å². The lowest BCUT2D eigenvalue weighted by Crippen LogP contribution is -2.17. The number of carboxylic acids is 1. The summed E-state index contributed by atoms with van der Waals surface area (Å²) < 4.78 is 91.6. The van der Waals surface area contributed by atoms with Crippen molar-refractivity contribution in [2.45, 2.75) is 5.25 Å². The summed E-state index contributed by atoms with van der Waals surface area (Å²) in [6, 6.07) is -7.83. The molecule has 2 rings (SSSR count). The first-order valence-electron chi connectivity index (χ1n) is 10.0. The van der Waals surface area contributed by atoms with Crippen LogP contribution in [-0.4, -0.2) is 21.0 Å². The molecule has 98 valence electrons. The van der Waals surface area contributed by atoms with E-state index in [9.17, 15) is 9.00 Å². The first-order valence-corrected chi connectivity index (χ1v) is 6.43. The van der Waals surface area contributed by atoms with Gasteiger partial charge in [-0.15, -0.1) is 0 Å². The maximum atomic E-state index is 12.8. The molecular weight excluding hydrogens is 260 g/mol. The Labute approximate surface area is 128 Å². The summed E-state index contributed by atoms with van der Waals surface area (Å²) in [7, 11) is -2.51. The smallest absolute Gasteiger partial charge is 0.316 e. The average molecular weight is 284 g/mol. The third-order valence-corrected chi connectivity index (χ3v) is 3.62. The lowest BCUT2D eigenvalue weighted by molar-refractivity contribution is -0.133. The molecule has 0 aromatic heterocycles. The molecule has 0 fully saturated rings. The van der Waals surface area contributed by atoms with Crippen molar-refractivity contribution in [3.63, 3.8) is 0 Å². The second-order valence-corrected chi connectivity index (χ2v) is 4.90. The van der Waals surface area contributed by atoms with Crippen LogP contribution in [0, 0.1) is 0 Å². The van der Waals surface area contributed by atoms with E-state index in [4.69, 9.17) is 18.8 Å². The van der Waals surface area contributed by atoms with Crippen molar-refractivity contribution in [2.24, 2.45) is 0 Å². The Kier molecular flexibility index (Phi) is 1.85.